The Balaban J connectivity index is 1.68. The maximum absolute atomic E-state index is 13.0. The molecule has 0 saturated heterocycles. The van der Waals surface area contributed by atoms with E-state index in [0.29, 0.717) is 10.3 Å². The lowest BCUT2D eigenvalue weighted by Gasteiger charge is -2.30. The fourth-order valence-electron chi connectivity index (χ4n) is 3.37. The maximum atomic E-state index is 13.0. The Bertz CT molecular complexity index is 934. The molecule has 1 fully saturated rings. The zero-order chi connectivity index (χ0) is 17.4. The van der Waals surface area contributed by atoms with E-state index in [1.54, 1.807) is 12.1 Å². The van der Waals surface area contributed by atoms with E-state index in [0.717, 1.165) is 18.4 Å². The number of aromatic nitrogens is 1. The van der Waals surface area contributed by atoms with Gasteiger partial charge in [0.15, 0.2) is 12.4 Å². The summed E-state index contributed by atoms with van der Waals surface area (Å²) in [6, 6.07) is 18.1. The van der Waals surface area contributed by atoms with Crippen molar-refractivity contribution in [2.45, 2.75) is 31.8 Å². The summed E-state index contributed by atoms with van der Waals surface area (Å²) in [6.07, 6.45) is 4.79. The van der Waals surface area contributed by atoms with E-state index in [2.05, 4.69) is 37.3 Å². The molecule has 4 nitrogen and oxygen atoms in total. The summed E-state index contributed by atoms with van der Waals surface area (Å²) in [5.41, 5.74) is 1.56. The summed E-state index contributed by atoms with van der Waals surface area (Å²) >= 11 is 0. The highest BCUT2D eigenvalue weighted by Crippen LogP contribution is 2.36. The van der Waals surface area contributed by atoms with Gasteiger partial charge < -0.3 is 10.1 Å². The molecule has 126 valence electrons. The number of hydrogen-bond donors (Lipinski definition) is 0. The summed E-state index contributed by atoms with van der Waals surface area (Å²) in [5, 5.41) is 13.9. The first-order valence-electron chi connectivity index (χ1n) is 8.64. The molecular weight excluding hydrogens is 312 g/mol. The molecule has 1 aromatic heterocycles. The van der Waals surface area contributed by atoms with Crippen LogP contribution >= 0.6 is 0 Å². The van der Waals surface area contributed by atoms with E-state index in [4.69, 9.17) is 0 Å². The van der Waals surface area contributed by atoms with Gasteiger partial charge in [-0.05, 0) is 48.2 Å². The minimum absolute atomic E-state index is 0.0371. The van der Waals surface area contributed by atoms with E-state index in [9.17, 15) is 10.0 Å². The third-order valence-corrected chi connectivity index (χ3v) is 4.87. The zero-order valence-corrected chi connectivity index (χ0v) is 14.1. The van der Waals surface area contributed by atoms with Crippen LogP contribution in [0.3, 0.4) is 0 Å². The molecule has 2 aromatic carbocycles. The number of rotatable bonds is 4. The summed E-state index contributed by atoms with van der Waals surface area (Å²) < 4.78 is 0.680. The summed E-state index contributed by atoms with van der Waals surface area (Å²) in [4.78, 5) is 15.0. The number of benzene rings is 2. The van der Waals surface area contributed by atoms with Crippen LogP contribution in [0.5, 0.6) is 0 Å². The number of carbonyl (C=O) groups is 1. The highest BCUT2D eigenvalue weighted by atomic mass is 16.5. The standard InChI is InChI=1S/C21H20N2O2/c1-15(17-9-8-16-5-2-3-6-18(16)13-17)23(20-10-11-20)21(24)19-7-4-12-22(25)14-19/h2-9,12-15,20H,10-11H2,1H3/t15-/m1/s1. The Labute approximate surface area is 146 Å². The fourth-order valence-corrected chi connectivity index (χ4v) is 3.37. The number of hydrogen-bond acceptors (Lipinski definition) is 2. The van der Waals surface area contributed by atoms with Gasteiger partial charge in [0, 0.05) is 12.1 Å². The number of pyridine rings is 1. The first-order valence-corrected chi connectivity index (χ1v) is 8.64. The normalized spacial score (nSPS) is 15.1. The lowest BCUT2D eigenvalue weighted by molar-refractivity contribution is -0.605. The maximum Gasteiger partial charge on any atom is 0.260 e. The molecule has 0 radical (unpaired) electrons. The molecule has 1 atom stereocenters. The fraction of sp³-hybridized carbons (Fsp3) is 0.238. The van der Waals surface area contributed by atoms with E-state index in [-0.39, 0.29) is 18.0 Å². The van der Waals surface area contributed by atoms with Crippen LogP contribution < -0.4 is 4.73 Å². The molecule has 0 bridgehead atoms. The second kappa shape index (κ2) is 6.20. The minimum atomic E-state index is -0.0756. The molecule has 4 rings (SSSR count). The van der Waals surface area contributed by atoms with Crippen molar-refractivity contribution in [2.75, 3.05) is 0 Å². The molecule has 1 saturated carbocycles. The van der Waals surface area contributed by atoms with Crippen LogP contribution in [0, 0.1) is 5.21 Å². The van der Waals surface area contributed by atoms with Gasteiger partial charge in [-0.25, -0.2) is 0 Å². The van der Waals surface area contributed by atoms with Crippen LogP contribution in [0.25, 0.3) is 10.8 Å². The van der Waals surface area contributed by atoms with Gasteiger partial charge in [0.05, 0.1) is 6.04 Å². The third kappa shape index (κ3) is 3.07. The Morgan fingerprint density at radius 2 is 1.88 bits per heavy atom. The Morgan fingerprint density at radius 1 is 1.12 bits per heavy atom. The largest absolute Gasteiger partial charge is 0.619 e. The number of nitrogens with zero attached hydrogens (tertiary/aromatic N) is 2. The first-order chi connectivity index (χ1) is 12.1. The van der Waals surface area contributed by atoms with Crippen LogP contribution in [-0.2, 0) is 0 Å². The Morgan fingerprint density at radius 3 is 2.60 bits per heavy atom. The molecule has 1 amide bonds. The van der Waals surface area contributed by atoms with Crippen LogP contribution in [0.4, 0.5) is 0 Å². The van der Waals surface area contributed by atoms with Crippen molar-refractivity contribution in [3.63, 3.8) is 0 Å². The number of fused-ring (bicyclic) bond motifs is 1. The van der Waals surface area contributed by atoms with Crippen molar-refractivity contribution in [2.24, 2.45) is 0 Å². The van der Waals surface area contributed by atoms with Gasteiger partial charge in [-0.3, -0.25) is 4.79 Å². The van der Waals surface area contributed by atoms with Crippen LogP contribution in [-0.4, -0.2) is 16.8 Å². The molecule has 3 aromatic rings. The van der Waals surface area contributed by atoms with Crippen LogP contribution in [0.15, 0.2) is 67.0 Å². The molecule has 0 aliphatic heterocycles. The van der Waals surface area contributed by atoms with Gasteiger partial charge in [0.25, 0.3) is 5.91 Å². The van der Waals surface area contributed by atoms with Crippen LogP contribution in [0.2, 0.25) is 0 Å². The monoisotopic (exact) mass is 332 g/mol. The number of carbonyl (C=O) groups excluding carboxylic acids is 1. The molecular formula is C21H20N2O2. The smallest absolute Gasteiger partial charge is 0.260 e. The highest BCUT2D eigenvalue weighted by molar-refractivity contribution is 5.94. The van der Waals surface area contributed by atoms with Crippen molar-refractivity contribution in [3.05, 3.63) is 83.3 Å². The van der Waals surface area contributed by atoms with Crippen molar-refractivity contribution in [1.29, 1.82) is 0 Å². The number of amides is 1. The summed E-state index contributed by atoms with van der Waals surface area (Å²) in [7, 11) is 0. The summed E-state index contributed by atoms with van der Waals surface area (Å²) in [5.74, 6) is -0.0756. The van der Waals surface area contributed by atoms with Crippen molar-refractivity contribution in [3.8, 4) is 0 Å². The highest BCUT2D eigenvalue weighted by Gasteiger charge is 2.37. The third-order valence-electron chi connectivity index (χ3n) is 4.87. The Hall–Kier alpha value is -2.88. The van der Waals surface area contributed by atoms with E-state index < -0.39 is 0 Å². The lowest BCUT2D eigenvalue weighted by atomic mass is 10.0. The van der Waals surface area contributed by atoms with E-state index in [1.165, 1.54) is 23.2 Å². The molecule has 1 heterocycles. The lowest BCUT2D eigenvalue weighted by Crippen LogP contribution is -2.37. The molecule has 1 aliphatic rings. The Kier molecular flexibility index (Phi) is 3.88. The second-order valence-electron chi connectivity index (χ2n) is 6.68. The minimum Gasteiger partial charge on any atom is -0.619 e. The van der Waals surface area contributed by atoms with Gasteiger partial charge in [-0.1, -0.05) is 36.4 Å². The predicted molar refractivity (Wildman–Crippen MR) is 97.0 cm³/mol. The molecule has 25 heavy (non-hydrogen) atoms. The second-order valence-corrected chi connectivity index (χ2v) is 6.68. The summed E-state index contributed by atoms with van der Waals surface area (Å²) in [6.45, 7) is 2.06. The SMILES string of the molecule is C[C@H](c1ccc2ccccc2c1)N(C(=O)c1ccc[n+]([O-])c1)C1CC1. The van der Waals surface area contributed by atoms with Gasteiger partial charge in [-0.15, -0.1) is 0 Å². The first kappa shape index (κ1) is 15.6. The molecule has 0 spiro atoms. The van der Waals surface area contributed by atoms with Gasteiger partial charge in [0.2, 0.25) is 0 Å². The van der Waals surface area contributed by atoms with Crippen molar-refractivity contribution >= 4 is 16.7 Å². The molecule has 0 N–H and O–H groups in total. The average molecular weight is 332 g/mol. The topological polar surface area (TPSA) is 47.2 Å². The van der Waals surface area contributed by atoms with Gasteiger partial charge >= 0.3 is 0 Å². The van der Waals surface area contributed by atoms with E-state index in [1.807, 2.05) is 17.0 Å². The molecule has 0 unspecified atom stereocenters. The van der Waals surface area contributed by atoms with Crippen molar-refractivity contribution in [1.82, 2.24) is 4.90 Å². The quantitative estimate of drug-likeness (QED) is 0.538. The molecule has 4 heteroatoms. The average Bonchev–Trinajstić information content (AvgIpc) is 3.46. The zero-order valence-electron chi connectivity index (χ0n) is 14.1. The predicted octanol–water partition coefficient (Wildman–Crippen LogP) is 3.84. The van der Waals surface area contributed by atoms with Gasteiger partial charge in [-0.2, -0.15) is 4.73 Å². The molecule has 1 aliphatic carbocycles. The van der Waals surface area contributed by atoms with Crippen molar-refractivity contribution < 1.29 is 9.52 Å². The van der Waals surface area contributed by atoms with Gasteiger partial charge in [0.1, 0.15) is 5.56 Å². The van der Waals surface area contributed by atoms with Crippen LogP contribution in [0.1, 0.15) is 41.7 Å². The van der Waals surface area contributed by atoms with E-state index >= 15 is 0 Å².